The maximum Gasteiger partial charge on any atom is 0.455 e. The van der Waals surface area contributed by atoms with Crippen LogP contribution in [0.5, 0.6) is 5.75 Å². The van der Waals surface area contributed by atoms with E-state index in [0.717, 1.165) is 12.1 Å². The second-order valence-electron chi connectivity index (χ2n) is 3.30. The van der Waals surface area contributed by atoms with E-state index < -0.39 is 29.5 Å². The first-order valence-corrected chi connectivity index (χ1v) is 5.05. The predicted octanol–water partition coefficient (Wildman–Crippen LogP) is 3.77. The van der Waals surface area contributed by atoms with E-state index in [0.29, 0.717) is 4.47 Å². The highest BCUT2D eigenvalue weighted by molar-refractivity contribution is 9.10. The summed E-state index contributed by atoms with van der Waals surface area (Å²) < 4.78 is 62.3. The molecule has 1 aromatic rings. The van der Waals surface area contributed by atoms with Crippen LogP contribution in [0.25, 0.3) is 0 Å². The fourth-order valence-corrected chi connectivity index (χ4v) is 1.50. The molecular weight excluding hydrogens is 348 g/mol. The Hall–Kier alpha value is -0.600. The quantitative estimate of drug-likeness (QED) is 0.792. The highest BCUT2D eigenvalue weighted by atomic mass is 79.9. The molecule has 0 bridgehead atoms. The maximum atomic E-state index is 12.9. The Morgan fingerprint density at radius 2 is 1.67 bits per heavy atom. The first-order chi connectivity index (χ1) is 7.57. The van der Waals surface area contributed by atoms with Gasteiger partial charge in [0.05, 0.1) is 0 Å². The molecule has 0 radical (unpaired) electrons. The molecule has 1 aromatic carbocycles. The second-order valence-corrected chi connectivity index (χ2v) is 4.22. The van der Waals surface area contributed by atoms with Crippen LogP contribution in [0.4, 0.5) is 22.0 Å². The zero-order valence-electron chi connectivity index (χ0n) is 8.51. The van der Waals surface area contributed by atoms with E-state index >= 15 is 0 Å². The van der Waals surface area contributed by atoms with E-state index in [9.17, 15) is 27.1 Å². The molecule has 104 valence electrons. The summed E-state index contributed by atoms with van der Waals surface area (Å²) in [5.74, 6) is -5.84. The molecule has 1 rings (SSSR count). The van der Waals surface area contributed by atoms with Gasteiger partial charge < -0.3 is 10.8 Å². The summed E-state index contributed by atoms with van der Waals surface area (Å²) in [6, 6.07) is 0.447. The van der Waals surface area contributed by atoms with Crippen LogP contribution in [0.15, 0.2) is 22.7 Å². The van der Waals surface area contributed by atoms with Crippen molar-refractivity contribution < 1.29 is 27.1 Å². The smallest absolute Gasteiger partial charge is 0.455 e. The SMILES string of the molecule is Cl.N[C@H](c1ccc(Br)cc1O)C(F)(F)C(F)(F)F. The third-order valence-electron chi connectivity index (χ3n) is 2.10. The molecule has 2 nitrogen and oxygen atoms in total. The normalized spacial score (nSPS) is 13.9. The summed E-state index contributed by atoms with van der Waals surface area (Å²) in [6.45, 7) is 0. The van der Waals surface area contributed by atoms with Gasteiger partial charge in [-0.05, 0) is 12.1 Å². The topological polar surface area (TPSA) is 46.2 Å². The van der Waals surface area contributed by atoms with Crippen molar-refractivity contribution in [1.29, 1.82) is 0 Å². The van der Waals surface area contributed by atoms with Crippen molar-refractivity contribution in [1.82, 2.24) is 0 Å². The molecule has 0 saturated heterocycles. The molecule has 1 atom stereocenters. The van der Waals surface area contributed by atoms with Gasteiger partial charge in [-0.25, -0.2) is 0 Å². The van der Waals surface area contributed by atoms with E-state index in [1.807, 2.05) is 0 Å². The van der Waals surface area contributed by atoms with Crippen molar-refractivity contribution in [3.8, 4) is 5.75 Å². The molecule has 9 heteroatoms. The van der Waals surface area contributed by atoms with Crippen molar-refractivity contribution in [3.63, 3.8) is 0 Å². The minimum absolute atomic E-state index is 0. The number of rotatable bonds is 2. The molecule has 0 fully saturated rings. The summed E-state index contributed by atoms with van der Waals surface area (Å²) in [5.41, 5.74) is 4.19. The zero-order valence-corrected chi connectivity index (χ0v) is 10.9. The van der Waals surface area contributed by atoms with Crippen molar-refractivity contribution in [2.24, 2.45) is 5.73 Å². The number of alkyl halides is 5. The second kappa shape index (κ2) is 5.58. The van der Waals surface area contributed by atoms with Crippen LogP contribution in [-0.2, 0) is 0 Å². The van der Waals surface area contributed by atoms with Gasteiger partial charge in [0.1, 0.15) is 11.8 Å². The molecule has 0 spiro atoms. The van der Waals surface area contributed by atoms with Gasteiger partial charge in [-0.2, -0.15) is 22.0 Å². The Morgan fingerprint density at radius 3 is 2.06 bits per heavy atom. The molecule has 0 aliphatic rings. The number of hydrogen-bond acceptors (Lipinski definition) is 2. The highest BCUT2D eigenvalue weighted by Crippen LogP contribution is 2.45. The molecule has 18 heavy (non-hydrogen) atoms. The first-order valence-electron chi connectivity index (χ1n) is 4.26. The molecule has 0 aromatic heterocycles. The van der Waals surface area contributed by atoms with Crippen LogP contribution in [-0.4, -0.2) is 17.2 Å². The zero-order chi connectivity index (χ0) is 13.4. The largest absolute Gasteiger partial charge is 0.508 e. The molecular formula is C9H8BrClF5NO. The lowest BCUT2D eigenvalue weighted by Crippen LogP contribution is -2.45. The van der Waals surface area contributed by atoms with Crippen molar-refractivity contribution in [3.05, 3.63) is 28.2 Å². The van der Waals surface area contributed by atoms with Crippen LogP contribution in [0.3, 0.4) is 0 Å². The van der Waals surface area contributed by atoms with E-state index in [4.69, 9.17) is 5.73 Å². The summed E-state index contributed by atoms with van der Waals surface area (Å²) in [6.07, 6.45) is -5.77. The molecule has 0 aliphatic heterocycles. The van der Waals surface area contributed by atoms with Crippen LogP contribution in [0.2, 0.25) is 0 Å². The van der Waals surface area contributed by atoms with Gasteiger partial charge in [0.15, 0.2) is 0 Å². The van der Waals surface area contributed by atoms with Crippen LogP contribution in [0.1, 0.15) is 11.6 Å². The lowest BCUT2D eigenvalue weighted by molar-refractivity contribution is -0.291. The minimum atomic E-state index is -5.77. The lowest BCUT2D eigenvalue weighted by Gasteiger charge is -2.26. The van der Waals surface area contributed by atoms with Gasteiger partial charge in [-0.3, -0.25) is 0 Å². The third kappa shape index (κ3) is 3.24. The summed E-state index contributed by atoms with van der Waals surface area (Å²) in [7, 11) is 0. The van der Waals surface area contributed by atoms with Crippen molar-refractivity contribution in [2.75, 3.05) is 0 Å². The fraction of sp³-hybridized carbons (Fsp3) is 0.333. The predicted molar refractivity (Wildman–Crippen MR) is 61.0 cm³/mol. The van der Waals surface area contributed by atoms with E-state index in [1.165, 1.54) is 6.07 Å². The Kier molecular flexibility index (Phi) is 5.39. The fourth-order valence-electron chi connectivity index (χ4n) is 1.15. The number of benzene rings is 1. The lowest BCUT2D eigenvalue weighted by atomic mass is 10.00. The first kappa shape index (κ1) is 17.4. The number of nitrogens with two attached hydrogens (primary N) is 1. The maximum absolute atomic E-state index is 12.9. The van der Waals surface area contributed by atoms with Crippen LogP contribution in [0, 0.1) is 0 Å². The Bertz CT molecular complexity index is 426. The van der Waals surface area contributed by atoms with Gasteiger partial charge in [-0.1, -0.05) is 22.0 Å². The Labute approximate surface area is 114 Å². The van der Waals surface area contributed by atoms with Gasteiger partial charge >= 0.3 is 12.1 Å². The number of hydrogen-bond donors (Lipinski definition) is 2. The summed E-state index contributed by atoms with van der Waals surface area (Å²) >= 11 is 2.92. The third-order valence-corrected chi connectivity index (χ3v) is 2.59. The van der Waals surface area contributed by atoms with E-state index in [2.05, 4.69) is 15.9 Å². The van der Waals surface area contributed by atoms with Crippen LogP contribution >= 0.6 is 28.3 Å². The molecule has 0 amide bonds. The van der Waals surface area contributed by atoms with Crippen LogP contribution < -0.4 is 5.73 Å². The van der Waals surface area contributed by atoms with Gasteiger partial charge in [-0.15, -0.1) is 12.4 Å². The highest BCUT2D eigenvalue weighted by Gasteiger charge is 2.62. The average molecular weight is 357 g/mol. The standard InChI is InChI=1S/C9H7BrF5NO.ClH/c10-4-1-2-5(6(17)3-4)7(16)8(11,12)9(13,14)15;/h1-3,7,17H,16H2;1H/t7-;/m1./s1. The van der Waals surface area contributed by atoms with Crippen molar-refractivity contribution in [2.45, 2.75) is 18.1 Å². The summed E-state index contributed by atoms with van der Waals surface area (Å²) in [4.78, 5) is 0. The number of halogens is 7. The molecule has 0 saturated carbocycles. The number of phenols is 1. The summed E-state index contributed by atoms with van der Waals surface area (Å²) in [5, 5.41) is 9.28. The van der Waals surface area contributed by atoms with E-state index in [1.54, 1.807) is 0 Å². The number of aromatic hydroxyl groups is 1. The Balaban J connectivity index is 0.00000289. The van der Waals surface area contributed by atoms with Gasteiger partial charge in [0.2, 0.25) is 0 Å². The van der Waals surface area contributed by atoms with Gasteiger partial charge in [0.25, 0.3) is 0 Å². The monoisotopic (exact) mass is 355 g/mol. The van der Waals surface area contributed by atoms with E-state index in [-0.39, 0.29) is 12.4 Å². The molecule has 3 N–H and O–H groups in total. The molecule has 0 heterocycles. The van der Waals surface area contributed by atoms with Crippen molar-refractivity contribution >= 4 is 28.3 Å². The number of phenolic OH excluding ortho intramolecular Hbond substituents is 1. The molecule has 0 unspecified atom stereocenters. The molecule has 0 aliphatic carbocycles. The minimum Gasteiger partial charge on any atom is -0.508 e. The Morgan fingerprint density at radius 1 is 1.17 bits per heavy atom. The van der Waals surface area contributed by atoms with Gasteiger partial charge in [0, 0.05) is 10.0 Å². The average Bonchev–Trinajstić information content (AvgIpc) is 2.14.